The van der Waals surface area contributed by atoms with Gasteiger partial charge in [0.15, 0.2) is 0 Å². The Balaban J connectivity index is 1.93. The van der Waals surface area contributed by atoms with Gasteiger partial charge < -0.3 is 5.32 Å². The Hall–Kier alpha value is -0.0400. The molecule has 3 atom stereocenters. The Bertz CT molecular complexity index is 290. The standard InChI is InChI=1S/C18H35N/c1-17(2,3)15-10-9-14(12-19-18(4,5)6)16(11-15)13-7-8-13/h13-16,19H,7-12H2,1-6H3. The average molecular weight is 265 g/mol. The van der Waals surface area contributed by atoms with Gasteiger partial charge in [0.25, 0.3) is 0 Å². The van der Waals surface area contributed by atoms with Gasteiger partial charge in [-0.15, -0.1) is 0 Å². The molecule has 3 unspecified atom stereocenters. The summed E-state index contributed by atoms with van der Waals surface area (Å²) in [6, 6.07) is 0. The van der Waals surface area contributed by atoms with Crippen molar-refractivity contribution >= 4 is 0 Å². The van der Waals surface area contributed by atoms with Crippen LogP contribution in [0.25, 0.3) is 0 Å². The summed E-state index contributed by atoms with van der Waals surface area (Å²) in [6.07, 6.45) is 7.40. The normalized spacial score (nSPS) is 33.5. The predicted octanol–water partition coefficient (Wildman–Crippen LogP) is 4.86. The van der Waals surface area contributed by atoms with E-state index < -0.39 is 0 Å². The van der Waals surface area contributed by atoms with Crippen LogP contribution in [0.15, 0.2) is 0 Å². The Labute approximate surface area is 120 Å². The van der Waals surface area contributed by atoms with Crippen LogP contribution < -0.4 is 5.32 Å². The van der Waals surface area contributed by atoms with E-state index in [-0.39, 0.29) is 5.54 Å². The van der Waals surface area contributed by atoms with Gasteiger partial charge in [-0.05, 0) is 88.5 Å². The Kier molecular flexibility index (Phi) is 4.35. The van der Waals surface area contributed by atoms with E-state index in [0.29, 0.717) is 5.41 Å². The third-order valence-corrected chi connectivity index (χ3v) is 5.39. The highest BCUT2D eigenvalue weighted by atomic mass is 14.9. The molecule has 0 aromatic heterocycles. The van der Waals surface area contributed by atoms with Gasteiger partial charge in [-0.25, -0.2) is 0 Å². The quantitative estimate of drug-likeness (QED) is 0.768. The van der Waals surface area contributed by atoms with E-state index in [1.54, 1.807) is 0 Å². The van der Waals surface area contributed by atoms with Crippen LogP contribution in [-0.2, 0) is 0 Å². The molecular formula is C18H35N. The summed E-state index contributed by atoms with van der Waals surface area (Å²) >= 11 is 0. The molecule has 0 aromatic rings. The molecule has 0 saturated heterocycles. The maximum Gasteiger partial charge on any atom is 0.00966 e. The average Bonchev–Trinajstić information content (AvgIpc) is 3.07. The molecule has 0 amide bonds. The Morgan fingerprint density at radius 1 is 0.895 bits per heavy atom. The fourth-order valence-electron chi connectivity index (χ4n) is 3.85. The second-order valence-corrected chi connectivity index (χ2v) is 9.27. The van der Waals surface area contributed by atoms with Gasteiger partial charge in [0.1, 0.15) is 0 Å². The highest BCUT2D eigenvalue weighted by molar-refractivity contribution is 4.94. The topological polar surface area (TPSA) is 12.0 Å². The van der Waals surface area contributed by atoms with Crippen LogP contribution in [0.5, 0.6) is 0 Å². The zero-order valence-electron chi connectivity index (χ0n) is 14.1. The molecule has 19 heavy (non-hydrogen) atoms. The second kappa shape index (κ2) is 5.39. The zero-order chi connectivity index (χ0) is 14.3. The Morgan fingerprint density at radius 2 is 1.53 bits per heavy atom. The van der Waals surface area contributed by atoms with Crippen molar-refractivity contribution in [1.29, 1.82) is 0 Å². The summed E-state index contributed by atoms with van der Waals surface area (Å²) in [6.45, 7) is 15.4. The van der Waals surface area contributed by atoms with Gasteiger partial charge in [0.2, 0.25) is 0 Å². The fourth-order valence-corrected chi connectivity index (χ4v) is 3.85. The smallest absolute Gasteiger partial charge is 0.00966 e. The molecule has 0 aliphatic heterocycles. The van der Waals surface area contributed by atoms with E-state index >= 15 is 0 Å². The molecule has 2 aliphatic carbocycles. The van der Waals surface area contributed by atoms with Crippen molar-refractivity contribution in [3.05, 3.63) is 0 Å². The molecule has 0 aromatic carbocycles. The van der Waals surface area contributed by atoms with E-state index in [4.69, 9.17) is 0 Å². The van der Waals surface area contributed by atoms with Crippen molar-refractivity contribution in [3.8, 4) is 0 Å². The number of hydrogen-bond acceptors (Lipinski definition) is 1. The second-order valence-electron chi connectivity index (χ2n) is 9.27. The van der Waals surface area contributed by atoms with Crippen molar-refractivity contribution in [3.63, 3.8) is 0 Å². The zero-order valence-corrected chi connectivity index (χ0v) is 14.1. The number of nitrogens with one attached hydrogen (secondary N) is 1. The van der Waals surface area contributed by atoms with E-state index in [2.05, 4.69) is 46.9 Å². The Morgan fingerprint density at radius 3 is 2.00 bits per heavy atom. The van der Waals surface area contributed by atoms with Crippen molar-refractivity contribution in [2.45, 2.75) is 79.2 Å². The van der Waals surface area contributed by atoms with Crippen LogP contribution in [0, 0.1) is 29.1 Å². The van der Waals surface area contributed by atoms with Crippen molar-refractivity contribution in [1.82, 2.24) is 5.32 Å². The lowest BCUT2D eigenvalue weighted by molar-refractivity contribution is 0.0826. The van der Waals surface area contributed by atoms with Crippen LogP contribution >= 0.6 is 0 Å². The van der Waals surface area contributed by atoms with Gasteiger partial charge in [0.05, 0.1) is 0 Å². The van der Waals surface area contributed by atoms with Crippen LogP contribution in [0.2, 0.25) is 0 Å². The molecule has 0 radical (unpaired) electrons. The molecule has 112 valence electrons. The minimum Gasteiger partial charge on any atom is -0.312 e. The first-order chi connectivity index (χ1) is 8.67. The summed E-state index contributed by atoms with van der Waals surface area (Å²) in [5, 5.41) is 3.76. The van der Waals surface area contributed by atoms with E-state index in [1.165, 1.54) is 38.6 Å². The molecule has 0 heterocycles. The van der Waals surface area contributed by atoms with Gasteiger partial charge >= 0.3 is 0 Å². The summed E-state index contributed by atoms with van der Waals surface area (Å²) in [5.74, 6) is 3.96. The number of rotatable bonds is 3. The molecule has 0 spiro atoms. The third kappa shape index (κ3) is 4.48. The largest absolute Gasteiger partial charge is 0.312 e. The molecule has 1 heteroatoms. The first-order valence-electron chi connectivity index (χ1n) is 8.42. The van der Waals surface area contributed by atoms with E-state index in [1.807, 2.05) is 0 Å². The minimum atomic E-state index is 0.273. The van der Waals surface area contributed by atoms with Crippen LogP contribution in [0.3, 0.4) is 0 Å². The maximum absolute atomic E-state index is 3.76. The monoisotopic (exact) mass is 265 g/mol. The predicted molar refractivity (Wildman–Crippen MR) is 84.3 cm³/mol. The SMILES string of the molecule is CC(C)(C)NCC1CCC(C(C)(C)C)CC1C1CC1. The first-order valence-corrected chi connectivity index (χ1v) is 8.42. The molecule has 1 N–H and O–H groups in total. The lowest BCUT2D eigenvalue weighted by Gasteiger charge is -2.43. The maximum atomic E-state index is 3.76. The summed E-state index contributed by atoms with van der Waals surface area (Å²) in [7, 11) is 0. The molecule has 0 bridgehead atoms. The van der Waals surface area contributed by atoms with Crippen molar-refractivity contribution in [2.75, 3.05) is 6.54 Å². The first kappa shape index (κ1) is 15.4. The van der Waals surface area contributed by atoms with Crippen LogP contribution in [0.4, 0.5) is 0 Å². The lowest BCUT2D eigenvalue weighted by Crippen LogP contribution is -2.43. The van der Waals surface area contributed by atoms with Crippen molar-refractivity contribution < 1.29 is 0 Å². The summed E-state index contributed by atoms with van der Waals surface area (Å²) in [5.41, 5.74) is 0.782. The fraction of sp³-hybridized carbons (Fsp3) is 1.00. The van der Waals surface area contributed by atoms with Crippen LogP contribution in [-0.4, -0.2) is 12.1 Å². The molecule has 2 fully saturated rings. The number of hydrogen-bond donors (Lipinski definition) is 1. The highest BCUT2D eigenvalue weighted by Gasteiger charge is 2.42. The minimum absolute atomic E-state index is 0.273. The van der Waals surface area contributed by atoms with E-state index in [9.17, 15) is 0 Å². The molecule has 1 nitrogen and oxygen atoms in total. The van der Waals surface area contributed by atoms with Gasteiger partial charge in [-0.2, -0.15) is 0 Å². The lowest BCUT2D eigenvalue weighted by atomic mass is 9.64. The molecule has 2 rings (SSSR count). The van der Waals surface area contributed by atoms with Gasteiger partial charge in [0, 0.05) is 5.54 Å². The summed E-state index contributed by atoms with van der Waals surface area (Å²) in [4.78, 5) is 0. The van der Waals surface area contributed by atoms with Crippen LogP contribution in [0.1, 0.15) is 73.6 Å². The van der Waals surface area contributed by atoms with Gasteiger partial charge in [-0.1, -0.05) is 20.8 Å². The van der Waals surface area contributed by atoms with Crippen molar-refractivity contribution in [2.24, 2.45) is 29.1 Å². The molecule has 2 aliphatic rings. The van der Waals surface area contributed by atoms with E-state index in [0.717, 1.165) is 23.7 Å². The van der Waals surface area contributed by atoms with Gasteiger partial charge in [-0.3, -0.25) is 0 Å². The molecular weight excluding hydrogens is 230 g/mol. The molecule has 2 saturated carbocycles. The third-order valence-electron chi connectivity index (χ3n) is 5.39. The highest BCUT2D eigenvalue weighted by Crippen LogP contribution is 2.51. The summed E-state index contributed by atoms with van der Waals surface area (Å²) < 4.78 is 0.